The van der Waals surface area contributed by atoms with E-state index in [-0.39, 0.29) is 22.7 Å². The average Bonchev–Trinajstić information content (AvgIpc) is 3.17. The molecule has 3 heterocycles. The van der Waals surface area contributed by atoms with Crippen LogP contribution in [0.25, 0.3) is 11.2 Å². The second-order valence-electron chi connectivity index (χ2n) is 5.32. The SMILES string of the molecule is Cn1c(=O)c2c(ncn2CC2SCCN2C(=O)CCl)n(C)c1=O. The van der Waals surface area contributed by atoms with E-state index >= 15 is 0 Å². The predicted molar refractivity (Wildman–Crippen MR) is 88.9 cm³/mol. The molecule has 124 valence electrons. The first-order valence-electron chi connectivity index (χ1n) is 7.03. The number of thioether (sulfide) groups is 1. The zero-order valence-electron chi connectivity index (χ0n) is 12.7. The molecule has 2 aromatic rings. The van der Waals surface area contributed by atoms with Crippen LogP contribution >= 0.6 is 23.4 Å². The smallest absolute Gasteiger partial charge is 0.327 e. The molecule has 23 heavy (non-hydrogen) atoms. The maximum absolute atomic E-state index is 12.4. The third-order valence-electron chi connectivity index (χ3n) is 3.99. The first-order chi connectivity index (χ1) is 11.0. The number of imidazole rings is 1. The van der Waals surface area contributed by atoms with Crippen molar-refractivity contribution in [2.24, 2.45) is 14.1 Å². The van der Waals surface area contributed by atoms with E-state index in [9.17, 15) is 14.4 Å². The van der Waals surface area contributed by atoms with Gasteiger partial charge >= 0.3 is 5.69 Å². The number of halogens is 1. The van der Waals surface area contributed by atoms with Crippen molar-refractivity contribution in [2.45, 2.75) is 11.9 Å². The van der Waals surface area contributed by atoms with Crippen LogP contribution in [0.15, 0.2) is 15.9 Å². The number of hydrogen-bond donors (Lipinski definition) is 0. The maximum Gasteiger partial charge on any atom is 0.332 e. The van der Waals surface area contributed by atoms with E-state index in [1.807, 2.05) is 0 Å². The Bertz CT molecular complexity index is 886. The van der Waals surface area contributed by atoms with Crippen molar-refractivity contribution in [3.63, 3.8) is 0 Å². The molecular formula is C13H16ClN5O3S. The van der Waals surface area contributed by atoms with Gasteiger partial charge in [-0.15, -0.1) is 23.4 Å². The number of aromatic nitrogens is 4. The summed E-state index contributed by atoms with van der Waals surface area (Å²) < 4.78 is 4.11. The van der Waals surface area contributed by atoms with Crippen molar-refractivity contribution in [3.05, 3.63) is 27.2 Å². The lowest BCUT2D eigenvalue weighted by Crippen LogP contribution is -2.39. The summed E-state index contributed by atoms with van der Waals surface area (Å²) in [5.41, 5.74) is -0.0996. The number of amides is 1. The monoisotopic (exact) mass is 357 g/mol. The molecule has 0 N–H and O–H groups in total. The topological polar surface area (TPSA) is 82.1 Å². The van der Waals surface area contributed by atoms with Gasteiger partial charge in [0, 0.05) is 26.4 Å². The lowest BCUT2D eigenvalue weighted by atomic mass is 10.4. The van der Waals surface area contributed by atoms with Crippen molar-refractivity contribution < 1.29 is 4.79 Å². The fourth-order valence-electron chi connectivity index (χ4n) is 2.74. The maximum atomic E-state index is 12.4. The van der Waals surface area contributed by atoms with Gasteiger partial charge in [0.2, 0.25) is 5.91 Å². The van der Waals surface area contributed by atoms with Crippen LogP contribution in [0.1, 0.15) is 0 Å². The van der Waals surface area contributed by atoms with Gasteiger partial charge in [0.15, 0.2) is 11.2 Å². The molecule has 0 spiro atoms. The van der Waals surface area contributed by atoms with Crippen LogP contribution in [-0.2, 0) is 25.4 Å². The molecule has 1 unspecified atom stereocenters. The Labute approximate surface area is 140 Å². The van der Waals surface area contributed by atoms with Crippen molar-refractivity contribution >= 4 is 40.4 Å². The van der Waals surface area contributed by atoms with Crippen LogP contribution < -0.4 is 11.2 Å². The van der Waals surface area contributed by atoms with Gasteiger partial charge in [-0.05, 0) is 0 Å². The lowest BCUT2D eigenvalue weighted by molar-refractivity contribution is -0.128. The van der Waals surface area contributed by atoms with Crippen molar-refractivity contribution in [1.29, 1.82) is 0 Å². The molecule has 1 saturated heterocycles. The molecule has 0 bridgehead atoms. The molecule has 1 amide bonds. The molecule has 1 atom stereocenters. The molecule has 0 aromatic carbocycles. The zero-order valence-corrected chi connectivity index (χ0v) is 14.3. The van der Waals surface area contributed by atoms with Gasteiger partial charge in [-0.3, -0.25) is 18.7 Å². The fourth-order valence-corrected chi connectivity index (χ4v) is 4.13. The van der Waals surface area contributed by atoms with Gasteiger partial charge in [0.25, 0.3) is 5.56 Å². The lowest BCUT2D eigenvalue weighted by Gasteiger charge is -2.23. The van der Waals surface area contributed by atoms with E-state index in [1.54, 1.807) is 28.3 Å². The van der Waals surface area contributed by atoms with E-state index in [0.29, 0.717) is 24.3 Å². The number of fused-ring (bicyclic) bond motifs is 1. The number of carbonyl (C=O) groups is 1. The number of hydrogen-bond acceptors (Lipinski definition) is 5. The van der Waals surface area contributed by atoms with Gasteiger partial charge < -0.3 is 9.47 Å². The zero-order chi connectivity index (χ0) is 16.7. The minimum absolute atomic E-state index is 0.0575. The van der Waals surface area contributed by atoms with E-state index in [1.165, 1.54) is 17.9 Å². The Morgan fingerprint density at radius 2 is 2.13 bits per heavy atom. The molecule has 10 heteroatoms. The van der Waals surface area contributed by atoms with Crippen molar-refractivity contribution in [2.75, 3.05) is 18.2 Å². The first kappa shape index (κ1) is 16.1. The molecule has 2 aromatic heterocycles. The molecule has 1 aliphatic heterocycles. The predicted octanol–water partition coefficient (Wildman–Crippen LogP) is -0.426. The fraction of sp³-hybridized carbons (Fsp3) is 0.538. The number of rotatable bonds is 3. The second-order valence-corrected chi connectivity index (χ2v) is 6.87. The molecule has 1 aliphatic rings. The highest BCUT2D eigenvalue weighted by Crippen LogP contribution is 2.26. The molecule has 1 fully saturated rings. The molecular weight excluding hydrogens is 342 g/mol. The Morgan fingerprint density at radius 1 is 1.39 bits per heavy atom. The highest BCUT2D eigenvalue weighted by atomic mass is 35.5. The summed E-state index contributed by atoms with van der Waals surface area (Å²) in [6.07, 6.45) is 1.54. The summed E-state index contributed by atoms with van der Waals surface area (Å²) in [6.45, 7) is 1.07. The highest BCUT2D eigenvalue weighted by Gasteiger charge is 2.29. The summed E-state index contributed by atoms with van der Waals surface area (Å²) in [5.74, 6) is 0.653. The van der Waals surface area contributed by atoms with E-state index < -0.39 is 5.69 Å². The van der Waals surface area contributed by atoms with Crippen molar-refractivity contribution in [3.8, 4) is 0 Å². The summed E-state index contributed by atoms with van der Waals surface area (Å²) in [5, 5.41) is -0.0967. The summed E-state index contributed by atoms with van der Waals surface area (Å²) >= 11 is 7.29. The Kier molecular flexibility index (Phi) is 4.24. The normalized spacial score (nSPS) is 18.0. The van der Waals surface area contributed by atoms with Crippen LogP contribution in [0.3, 0.4) is 0 Å². The van der Waals surface area contributed by atoms with Crippen LogP contribution in [0.5, 0.6) is 0 Å². The summed E-state index contributed by atoms with van der Waals surface area (Å²) in [7, 11) is 3.02. The van der Waals surface area contributed by atoms with Crippen LogP contribution in [0.2, 0.25) is 0 Å². The van der Waals surface area contributed by atoms with Gasteiger partial charge in [0.05, 0.1) is 18.2 Å². The number of carbonyl (C=O) groups excluding carboxylic acids is 1. The van der Waals surface area contributed by atoms with Crippen LogP contribution in [0.4, 0.5) is 0 Å². The van der Waals surface area contributed by atoms with Crippen LogP contribution in [-0.4, -0.2) is 53.0 Å². The first-order valence-corrected chi connectivity index (χ1v) is 8.62. The van der Waals surface area contributed by atoms with E-state index in [4.69, 9.17) is 11.6 Å². The van der Waals surface area contributed by atoms with Crippen molar-refractivity contribution in [1.82, 2.24) is 23.6 Å². The van der Waals surface area contributed by atoms with E-state index in [0.717, 1.165) is 10.3 Å². The van der Waals surface area contributed by atoms with Gasteiger partial charge in [0.1, 0.15) is 5.88 Å². The van der Waals surface area contributed by atoms with Gasteiger partial charge in [-0.2, -0.15) is 0 Å². The van der Waals surface area contributed by atoms with Gasteiger partial charge in [-0.1, -0.05) is 0 Å². The third-order valence-corrected chi connectivity index (χ3v) is 5.43. The average molecular weight is 358 g/mol. The Hall–Kier alpha value is -1.74. The summed E-state index contributed by atoms with van der Waals surface area (Å²) in [6, 6.07) is 0. The molecule has 0 saturated carbocycles. The third kappa shape index (κ3) is 2.57. The highest BCUT2D eigenvalue weighted by molar-refractivity contribution is 8.00. The number of alkyl halides is 1. The second kappa shape index (κ2) is 6.04. The molecule has 0 aliphatic carbocycles. The number of aryl methyl sites for hydroxylation is 1. The minimum atomic E-state index is -0.415. The quantitative estimate of drug-likeness (QED) is 0.696. The van der Waals surface area contributed by atoms with E-state index in [2.05, 4.69) is 4.98 Å². The standard InChI is InChI=1S/C13H16ClN5O3S/c1-16-11-10(12(21)17(2)13(16)22)18(7-15-11)6-9-19(3-4-23-9)8(20)5-14/h7,9H,3-6H2,1-2H3. The molecule has 8 nitrogen and oxygen atoms in total. The molecule has 0 radical (unpaired) electrons. The largest absolute Gasteiger partial charge is 0.332 e. The Balaban J connectivity index is 2.03. The van der Waals surface area contributed by atoms with Gasteiger partial charge in [-0.25, -0.2) is 9.78 Å². The molecule has 3 rings (SSSR count). The van der Waals surface area contributed by atoms with Crippen LogP contribution in [0, 0.1) is 0 Å². The minimum Gasteiger partial charge on any atom is -0.327 e. The Morgan fingerprint density at radius 3 is 2.83 bits per heavy atom. The number of nitrogens with zero attached hydrogens (tertiary/aromatic N) is 5. The summed E-state index contributed by atoms with van der Waals surface area (Å²) in [4.78, 5) is 42.1.